The van der Waals surface area contributed by atoms with Gasteiger partial charge in [-0.15, -0.1) is 11.3 Å². The number of carbonyl (C=O) groups is 5. The fourth-order valence-corrected chi connectivity index (χ4v) is 8.21. The quantitative estimate of drug-likeness (QED) is 0.132. The van der Waals surface area contributed by atoms with Crippen LogP contribution >= 0.6 is 11.3 Å². The highest BCUT2D eigenvalue weighted by Crippen LogP contribution is 2.45. The van der Waals surface area contributed by atoms with Crippen LogP contribution in [-0.2, 0) is 25.5 Å². The highest BCUT2D eigenvalue weighted by Gasteiger charge is 2.61. The molecule has 5 atom stereocenters. The van der Waals surface area contributed by atoms with Gasteiger partial charge >= 0.3 is 12.1 Å². The number of ketones is 1. The number of thiophene rings is 1. The summed E-state index contributed by atoms with van der Waals surface area (Å²) in [5.74, 6) is -2.50. The zero-order valence-electron chi connectivity index (χ0n) is 32.2. The summed E-state index contributed by atoms with van der Waals surface area (Å²) in [6.07, 6.45) is 6.08. The standard InChI is InChI=1S/C43H47N5O8S/c1-42(2,3)56-41(54)46-31-16-11-6-4-5-10-15-28-24-43(28,40(52)53)47-37(50)33-23-29(25-48(33)39(31)51)55-38-36(35-17-12-20-57-35)44-32-22-27(18-19-30(32)45-38)34(49)21-26-13-8-7-9-14-26/h7-10,12-15,17-20,22,28-29,31,33H,4-6,11,16,21,23-25H2,1-3H3,(H,46,54)(H,47,50)(H,52,53)/b15-10-/t28?,29-,31-,33?,43?/m1/s1. The number of allylic oxidation sites excluding steroid dienone is 1. The van der Waals surface area contributed by atoms with E-state index < -0.39 is 53.2 Å². The van der Waals surface area contributed by atoms with Crippen LogP contribution in [0, 0.1) is 5.92 Å². The number of rotatable bonds is 8. The molecule has 1 saturated heterocycles. The van der Waals surface area contributed by atoms with E-state index in [0.717, 1.165) is 29.7 Å². The molecule has 13 nitrogen and oxygen atoms in total. The number of hydrogen-bond acceptors (Lipinski definition) is 10. The van der Waals surface area contributed by atoms with E-state index in [2.05, 4.69) is 10.6 Å². The number of nitrogens with one attached hydrogen (secondary N) is 2. The Labute approximate surface area is 334 Å². The molecular formula is C43H47N5O8S. The molecule has 2 aromatic heterocycles. The molecule has 7 rings (SSSR count). The summed E-state index contributed by atoms with van der Waals surface area (Å²) in [4.78, 5) is 79.4. The van der Waals surface area contributed by atoms with Gasteiger partial charge in [-0.3, -0.25) is 14.4 Å². The van der Waals surface area contributed by atoms with Crippen LogP contribution in [0.3, 0.4) is 0 Å². The first-order valence-corrected chi connectivity index (χ1v) is 20.3. The zero-order chi connectivity index (χ0) is 40.3. The molecule has 0 radical (unpaired) electrons. The van der Waals surface area contributed by atoms with Crippen LogP contribution in [0.25, 0.3) is 21.6 Å². The minimum Gasteiger partial charge on any atom is -0.479 e. The van der Waals surface area contributed by atoms with Crippen molar-refractivity contribution >= 4 is 52.0 Å². The van der Waals surface area contributed by atoms with Gasteiger partial charge < -0.3 is 30.1 Å². The lowest BCUT2D eigenvalue weighted by atomic mass is 10.0. The second kappa shape index (κ2) is 16.5. The third-order valence-corrected chi connectivity index (χ3v) is 11.4. The van der Waals surface area contributed by atoms with Crippen molar-refractivity contribution in [1.82, 2.24) is 25.5 Å². The molecule has 3 aliphatic rings. The van der Waals surface area contributed by atoms with E-state index in [1.807, 2.05) is 60.0 Å². The molecule has 3 amide bonds. The summed E-state index contributed by atoms with van der Waals surface area (Å²) in [5.41, 5.74) is 0.544. The maximum Gasteiger partial charge on any atom is 0.408 e. The van der Waals surface area contributed by atoms with Crippen molar-refractivity contribution in [1.29, 1.82) is 0 Å². The number of aromatic nitrogens is 2. The molecule has 2 aliphatic heterocycles. The van der Waals surface area contributed by atoms with E-state index in [0.29, 0.717) is 35.1 Å². The van der Waals surface area contributed by atoms with Gasteiger partial charge in [-0.1, -0.05) is 61.4 Å². The van der Waals surface area contributed by atoms with Crippen molar-refractivity contribution in [3.05, 3.63) is 89.3 Å². The largest absolute Gasteiger partial charge is 0.479 e. The van der Waals surface area contributed by atoms with Crippen LogP contribution < -0.4 is 15.4 Å². The van der Waals surface area contributed by atoms with E-state index in [4.69, 9.17) is 19.4 Å². The molecule has 57 heavy (non-hydrogen) atoms. The van der Waals surface area contributed by atoms with Gasteiger partial charge in [0.1, 0.15) is 35.0 Å². The number of Topliss-reactive ketones (excluding diaryl/α,β-unsaturated/α-hetero) is 1. The van der Waals surface area contributed by atoms with Crippen LogP contribution in [0.15, 0.2) is 78.2 Å². The Morgan fingerprint density at radius 1 is 1.02 bits per heavy atom. The fourth-order valence-electron chi connectivity index (χ4n) is 7.51. The summed E-state index contributed by atoms with van der Waals surface area (Å²) in [6, 6.07) is 16.3. The highest BCUT2D eigenvalue weighted by atomic mass is 32.1. The summed E-state index contributed by atoms with van der Waals surface area (Å²) in [6.45, 7) is 5.16. The molecular weight excluding hydrogens is 747 g/mol. The number of amides is 3. The Kier molecular flexibility index (Phi) is 11.4. The maximum atomic E-state index is 14.5. The number of aliphatic carboxylic acids is 1. The van der Waals surface area contributed by atoms with Crippen molar-refractivity contribution < 1.29 is 38.6 Å². The Bertz CT molecular complexity index is 2190. The molecule has 4 heterocycles. The highest BCUT2D eigenvalue weighted by molar-refractivity contribution is 7.13. The Balaban J connectivity index is 1.19. The molecule has 3 unspecified atom stereocenters. The van der Waals surface area contributed by atoms with Crippen molar-refractivity contribution in [3.63, 3.8) is 0 Å². The maximum absolute atomic E-state index is 14.5. The van der Waals surface area contributed by atoms with Crippen molar-refractivity contribution in [2.45, 2.75) is 101 Å². The van der Waals surface area contributed by atoms with Crippen molar-refractivity contribution in [3.8, 4) is 16.5 Å². The average molecular weight is 794 g/mol. The number of benzene rings is 2. The van der Waals surface area contributed by atoms with E-state index >= 15 is 0 Å². The lowest BCUT2D eigenvalue weighted by Gasteiger charge is -2.30. The summed E-state index contributed by atoms with van der Waals surface area (Å²) in [7, 11) is 0. The van der Waals surface area contributed by atoms with Crippen molar-refractivity contribution in [2.24, 2.45) is 5.92 Å². The number of ether oxygens (including phenoxy) is 2. The smallest absolute Gasteiger partial charge is 0.408 e. The van der Waals surface area contributed by atoms with Crippen LogP contribution in [-0.4, -0.2) is 85.5 Å². The Morgan fingerprint density at radius 3 is 2.56 bits per heavy atom. The van der Waals surface area contributed by atoms with Crippen LogP contribution in [0.5, 0.6) is 5.88 Å². The lowest BCUT2D eigenvalue weighted by molar-refractivity contribution is -0.145. The number of fused-ring (bicyclic) bond motifs is 3. The van der Waals surface area contributed by atoms with E-state index in [9.17, 15) is 29.1 Å². The van der Waals surface area contributed by atoms with Gasteiger partial charge in [0, 0.05) is 24.3 Å². The van der Waals surface area contributed by atoms with Gasteiger partial charge in [-0.2, -0.15) is 0 Å². The minimum atomic E-state index is -1.48. The topological polar surface area (TPSA) is 177 Å². The number of alkyl carbamates (subject to hydrolysis) is 1. The molecule has 298 valence electrons. The van der Waals surface area contributed by atoms with E-state index in [-0.39, 0.29) is 43.4 Å². The molecule has 4 aromatic rings. The first-order valence-electron chi connectivity index (χ1n) is 19.4. The van der Waals surface area contributed by atoms with Crippen LogP contribution in [0.2, 0.25) is 0 Å². The third-order valence-electron chi connectivity index (χ3n) is 10.5. The van der Waals surface area contributed by atoms with Gasteiger partial charge in [0.15, 0.2) is 5.78 Å². The lowest BCUT2D eigenvalue weighted by Crippen LogP contribution is -2.56. The van der Waals surface area contributed by atoms with Gasteiger partial charge in [-0.05, 0) is 81.7 Å². The average Bonchev–Trinajstić information content (AvgIpc) is 3.46. The summed E-state index contributed by atoms with van der Waals surface area (Å²) >= 11 is 1.43. The molecule has 0 bridgehead atoms. The Hall–Kier alpha value is -5.63. The number of carboxylic acid groups (broad SMARTS) is 1. The second-order valence-electron chi connectivity index (χ2n) is 16.0. The van der Waals surface area contributed by atoms with Crippen molar-refractivity contribution in [2.75, 3.05) is 6.54 Å². The van der Waals surface area contributed by atoms with Gasteiger partial charge in [0.05, 0.1) is 22.5 Å². The number of carboxylic acids is 1. The molecule has 0 spiro atoms. The summed E-state index contributed by atoms with van der Waals surface area (Å²) < 4.78 is 12.1. The number of nitrogens with zero attached hydrogens (tertiary/aromatic N) is 3. The van der Waals surface area contributed by atoms with Gasteiger partial charge in [0.2, 0.25) is 17.7 Å². The molecule has 3 N–H and O–H groups in total. The molecule has 2 fully saturated rings. The third kappa shape index (κ3) is 9.17. The second-order valence-corrected chi connectivity index (χ2v) is 16.9. The predicted octanol–water partition coefficient (Wildman–Crippen LogP) is 6.51. The minimum absolute atomic E-state index is 0.0312. The van der Waals surface area contributed by atoms with E-state index in [1.165, 1.54) is 16.2 Å². The number of hydrogen-bond donors (Lipinski definition) is 3. The molecule has 2 aromatic carbocycles. The SMILES string of the molecule is CC(C)(C)OC(=O)N[C@@H]1CCCCC/C=C\C2CC2(C(=O)O)NC(=O)C2C[C@@H](Oc3nc4ccc(C(=O)Cc5ccccc5)cc4nc3-c3cccs3)CN2C1=O. The van der Waals surface area contributed by atoms with Gasteiger partial charge in [0.25, 0.3) is 0 Å². The van der Waals surface area contributed by atoms with Gasteiger partial charge in [-0.25, -0.2) is 19.6 Å². The Morgan fingerprint density at radius 2 is 1.82 bits per heavy atom. The monoisotopic (exact) mass is 793 g/mol. The van der Waals surface area contributed by atoms with E-state index in [1.54, 1.807) is 39.0 Å². The van der Waals surface area contributed by atoms with Crippen LogP contribution in [0.4, 0.5) is 4.79 Å². The molecule has 1 saturated carbocycles. The first kappa shape index (κ1) is 39.6. The zero-order valence-corrected chi connectivity index (χ0v) is 33.1. The molecule has 1 aliphatic carbocycles. The number of carbonyl (C=O) groups excluding carboxylic acids is 4. The fraction of sp³-hybridized carbons (Fsp3) is 0.419. The molecule has 14 heteroatoms. The normalized spacial score (nSPS) is 24.6. The predicted molar refractivity (Wildman–Crippen MR) is 214 cm³/mol. The first-order chi connectivity index (χ1) is 27.3. The van der Waals surface area contributed by atoms with Crippen LogP contribution in [0.1, 0.15) is 81.6 Å². The summed E-state index contributed by atoms with van der Waals surface area (Å²) in [5, 5.41) is 17.7.